The number of guanidine groups is 1. The number of nitrogens with one attached hydrogen (secondary N) is 2. The van der Waals surface area contributed by atoms with E-state index >= 15 is 0 Å². The number of carbonyl (C=O) groups excluding carboxylic acids is 1. The number of anilines is 1. The van der Waals surface area contributed by atoms with Crippen LogP contribution in [0.1, 0.15) is 18.4 Å². The van der Waals surface area contributed by atoms with Crippen LogP contribution in [0.5, 0.6) is 11.5 Å². The fourth-order valence-electron chi connectivity index (χ4n) is 3.02. The molecule has 2 aromatic rings. The number of nitrogens with zero attached hydrogens (tertiary/aromatic N) is 2. The molecule has 32 heavy (non-hydrogen) atoms. The van der Waals surface area contributed by atoms with Crippen molar-refractivity contribution in [1.82, 2.24) is 10.2 Å². The van der Waals surface area contributed by atoms with Gasteiger partial charge in [0.1, 0.15) is 5.82 Å². The number of amides is 1. The fourth-order valence-corrected chi connectivity index (χ4v) is 3.02. The lowest BCUT2D eigenvalue weighted by atomic mass is 10.1. The van der Waals surface area contributed by atoms with E-state index in [4.69, 9.17) is 9.47 Å². The molecule has 0 saturated heterocycles. The average Bonchev–Trinajstić information content (AvgIpc) is 2.99. The van der Waals surface area contributed by atoms with Gasteiger partial charge in [0.25, 0.3) is 0 Å². The van der Waals surface area contributed by atoms with Gasteiger partial charge in [-0.05, 0) is 30.2 Å². The molecule has 0 unspecified atom stereocenters. The molecule has 0 atom stereocenters. The van der Waals surface area contributed by atoms with Crippen LogP contribution in [-0.4, -0.2) is 57.2 Å². The molecule has 1 aliphatic rings. The fraction of sp³-hybridized carbons (Fsp3) is 0.391. The topological polar surface area (TPSA) is 75.2 Å². The third-order valence-corrected chi connectivity index (χ3v) is 4.75. The lowest BCUT2D eigenvalue weighted by Crippen LogP contribution is -2.33. The van der Waals surface area contributed by atoms with E-state index in [0.29, 0.717) is 62.2 Å². The van der Waals surface area contributed by atoms with E-state index in [9.17, 15) is 9.18 Å². The van der Waals surface area contributed by atoms with E-state index in [0.717, 1.165) is 12.1 Å². The first-order valence-electron chi connectivity index (χ1n) is 10.4. The van der Waals surface area contributed by atoms with Gasteiger partial charge < -0.3 is 25.0 Å². The minimum absolute atomic E-state index is 0. The number of halogens is 2. The molecule has 1 amide bonds. The largest absolute Gasteiger partial charge is 0.490 e. The van der Waals surface area contributed by atoms with Gasteiger partial charge in [0.15, 0.2) is 17.5 Å². The van der Waals surface area contributed by atoms with E-state index < -0.39 is 0 Å². The van der Waals surface area contributed by atoms with E-state index in [-0.39, 0.29) is 35.7 Å². The number of hydrogen-bond donors (Lipinski definition) is 2. The summed E-state index contributed by atoms with van der Waals surface area (Å²) < 4.78 is 25.3. The van der Waals surface area contributed by atoms with Crippen molar-refractivity contribution in [3.05, 3.63) is 53.8 Å². The van der Waals surface area contributed by atoms with Crippen LogP contribution in [0.3, 0.4) is 0 Å². The van der Waals surface area contributed by atoms with Crippen LogP contribution in [0.25, 0.3) is 0 Å². The molecular weight excluding hydrogens is 526 g/mol. The van der Waals surface area contributed by atoms with Gasteiger partial charge in [-0.3, -0.25) is 9.79 Å². The highest BCUT2D eigenvalue weighted by atomic mass is 127. The maximum absolute atomic E-state index is 13.9. The SMILES string of the molecule is CN(C)C(=O)CCN=C(NCCc1ccccc1F)Nc1ccc2c(c1)OCCCO2.I. The number of rotatable bonds is 7. The average molecular weight is 556 g/mol. The standard InChI is InChI=1S/C23H29FN4O3.HI/c1-28(2)22(29)11-13-26-23(25-12-10-17-6-3-4-7-19(17)24)27-18-8-9-20-21(16-18)31-15-5-14-30-20;/h3-4,6-9,16H,5,10-15H2,1-2H3,(H2,25,26,27);1H. The number of hydrogen-bond acceptors (Lipinski definition) is 4. The summed E-state index contributed by atoms with van der Waals surface area (Å²) in [5.74, 6) is 1.68. The van der Waals surface area contributed by atoms with Crippen molar-refractivity contribution in [2.24, 2.45) is 4.99 Å². The summed E-state index contributed by atoms with van der Waals surface area (Å²) in [5, 5.41) is 6.45. The van der Waals surface area contributed by atoms with Gasteiger partial charge in [-0.15, -0.1) is 24.0 Å². The Kier molecular flexibility index (Phi) is 10.5. The van der Waals surface area contributed by atoms with Crippen molar-refractivity contribution in [3.8, 4) is 11.5 Å². The van der Waals surface area contributed by atoms with Gasteiger partial charge in [-0.1, -0.05) is 18.2 Å². The molecule has 3 rings (SSSR count). The lowest BCUT2D eigenvalue weighted by Gasteiger charge is -2.15. The number of carbonyl (C=O) groups is 1. The Morgan fingerprint density at radius 2 is 1.88 bits per heavy atom. The van der Waals surface area contributed by atoms with Crippen molar-refractivity contribution in [2.75, 3.05) is 45.7 Å². The molecule has 0 bridgehead atoms. The third-order valence-electron chi connectivity index (χ3n) is 4.75. The molecule has 0 aromatic heterocycles. The molecule has 0 fully saturated rings. The Balaban J connectivity index is 0.00000363. The van der Waals surface area contributed by atoms with Gasteiger partial charge in [-0.25, -0.2) is 4.39 Å². The zero-order valence-corrected chi connectivity index (χ0v) is 20.7. The molecule has 1 heterocycles. The van der Waals surface area contributed by atoms with Gasteiger partial charge in [0.05, 0.1) is 19.8 Å². The first kappa shape index (κ1) is 25.7. The molecule has 0 radical (unpaired) electrons. The molecule has 0 saturated carbocycles. The number of ether oxygens (including phenoxy) is 2. The Bertz CT molecular complexity index is 924. The second kappa shape index (κ2) is 13.1. The van der Waals surface area contributed by atoms with Gasteiger partial charge >= 0.3 is 0 Å². The molecule has 1 aliphatic heterocycles. The normalized spacial score (nSPS) is 12.9. The van der Waals surface area contributed by atoms with E-state index in [1.807, 2.05) is 24.3 Å². The molecule has 7 nitrogen and oxygen atoms in total. The van der Waals surface area contributed by atoms with E-state index in [2.05, 4.69) is 15.6 Å². The number of aliphatic imine (C=N–C) groups is 1. The summed E-state index contributed by atoms with van der Waals surface area (Å²) in [6.45, 7) is 2.05. The summed E-state index contributed by atoms with van der Waals surface area (Å²) >= 11 is 0. The van der Waals surface area contributed by atoms with Crippen LogP contribution in [0, 0.1) is 5.82 Å². The van der Waals surface area contributed by atoms with Gasteiger partial charge in [-0.2, -0.15) is 0 Å². The van der Waals surface area contributed by atoms with E-state index in [1.165, 1.54) is 11.0 Å². The van der Waals surface area contributed by atoms with E-state index in [1.54, 1.807) is 26.2 Å². The summed E-state index contributed by atoms with van der Waals surface area (Å²) in [6, 6.07) is 12.3. The Hall–Kier alpha value is -2.56. The third kappa shape index (κ3) is 7.85. The lowest BCUT2D eigenvalue weighted by molar-refractivity contribution is -0.128. The minimum atomic E-state index is -0.227. The van der Waals surface area contributed by atoms with Crippen LogP contribution in [0.2, 0.25) is 0 Å². The van der Waals surface area contributed by atoms with Crippen molar-refractivity contribution in [3.63, 3.8) is 0 Å². The minimum Gasteiger partial charge on any atom is -0.490 e. The van der Waals surface area contributed by atoms with Crippen LogP contribution in [0.4, 0.5) is 10.1 Å². The van der Waals surface area contributed by atoms with Crippen molar-refractivity contribution in [1.29, 1.82) is 0 Å². The zero-order chi connectivity index (χ0) is 22.1. The summed E-state index contributed by atoms with van der Waals surface area (Å²) in [4.78, 5) is 17.9. The Labute approximate surface area is 205 Å². The molecule has 174 valence electrons. The van der Waals surface area contributed by atoms with Gasteiger partial charge in [0, 0.05) is 45.2 Å². The number of fused-ring (bicyclic) bond motifs is 1. The molecular formula is C23H30FIN4O3. The molecule has 0 aliphatic carbocycles. The Morgan fingerprint density at radius 3 is 2.62 bits per heavy atom. The second-order valence-electron chi connectivity index (χ2n) is 7.37. The predicted octanol–water partition coefficient (Wildman–Crippen LogP) is 3.68. The van der Waals surface area contributed by atoms with Crippen molar-refractivity contribution in [2.45, 2.75) is 19.3 Å². The summed E-state index contributed by atoms with van der Waals surface area (Å²) in [6.07, 6.45) is 1.64. The maximum atomic E-state index is 13.9. The Morgan fingerprint density at radius 1 is 1.12 bits per heavy atom. The molecule has 9 heteroatoms. The second-order valence-corrected chi connectivity index (χ2v) is 7.37. The molecule has 2 aromatic carbocycles. The van der Waals surface area contributed by atoms with Crippen LogP contribution in [0.15, 0.2) is 47.5 Å². The van der Waals surface area contributed by atoms with Crippen LogP contribution in [-0.2, 0) is 11.2 Å². The highest BCUT2D eigenvalue weighted by Gasteiger charge is 2.12. The molecule has 2 N–H and O–H groups in total. The summed E-state index contributed by atoms with van der Waals surface area (Å²) in [7, 11) is 3.44. The van der Waals surface area contributed by atoms with Crippen LogP contribution >= 0.6 is 24.0 Å². The summed E-state index contributed by atoms with van der Waals surface area (Å²) in [5.41, 5.74) is 1.41. The first-order chi connectivity index (χ1) is 15.0. The maximum Gasteiger partial charge on any atom is 0.223 e. The highest BCUT2D eigenvalue weighted by Crippen LogP contribution is 2.32. The first-order valence-corrected chi connectivity index (χ1v) is 10.4. The number of benzene rings is 2. The monoisotopic (exact) mass is 556 g/mol. The van der Waals surface area contributed by atoms with Crippen LogP contribution < -0.4 is 20.1 Å². The molecule has 0 spiro atoms. The highest BCUT2D eigenvalue weighted by molar-refractivity contribution is 14.0. The van der Waals surface area contributed by atoms with Gasteiger partial charge in [0.2, 0.25) is 5.91 Å². The van der Waals surface area contributed by atoms with Crippen molar-refractivity contribution < 1.29 is 18.7 Å². The zero-order valence-electron chi connectivity index (χ0n) is 18.4. The van der Waals surface area contributed by atoms with Crippen molar-refractivity contribution >= 4 is 41.5 Å². The quantitative estimate of drug-likeness (QED) is 0.309. The predicted molar refractivity (Wildman–Crippen MR) is 135 cm³/mol. The smallest absolute Gasteiger partial charge is 0.223 e.